The SMILES string of the molecule is CCCCCCCCOCC(=O)C(C)(C)C. The highest BCUT2D eigenvalue weighted by Crippen LogP contribution is 2.14. The normalized spacial score (nSPS) is 11.8. The van der Waals surface area contributed by atoms with Crippen molar-refractivity contribution in [1.29, 1.82) is 0 Å². The molecule has 0 saturated carbocycles. The summed E-state index contributed by atoms with van der Waals surface area (Å²) >= 11 is 0. The molecule has 2 heteroatoms. The van der Waals surface area contributed by atoms with Crippen molar-refractivity contribution >= 4 is 5.78 Å². The molecular weight excluding hydrogens is 200 g/mol. The van der Waals surface area contributed by atoms with E-state index in [1.165, 1.54) is 32.1 Å². The second-order valence-corrected chi connectivity index (χ2v) is 5.49. The first kappa shape index (κ1) is 15.6. The summed E-state index contributed by atoms with van der Waals surface area (Å²) in [6, 6.07) is 0. The first-order valence-electron chi connectivity index (χ1n) is 6.59. The Labute approximate surface area is 101 Å². The molecule has 0 radical (unpaired) electrons. The van der Waals surface area contributed by atoms with Gasteiger partial charge in [0.1, 0.15) is 6.61 Å². The second kappa shape index (κ2) is 8.74. The Morgan fingerprint density at radius 3 is 2.12 bits per heavy atom. The third kappa shape index (κ3) is 8.90. The first-order chi connectivity index (χ1) is 7.48. The maximum atomic E-state index is 11.5. The zero-order valence-electron chi connectivity index (χ0n) is 11.5. The van der Waals surface area contributed by atoms with Gasteiger partial charge >= 0.3 is 0 Å². The van der Waals surface area contributed by atoms with Crippen LogP contribution >= 0.6 is 0 Å². The molecule has 0 atom stereocenters. The van der Waals surface area contributed by atoms with E-state index < -0.39 is 0 Å². The molecule has 0 amide bonds. The van der Waals surface area contributed by atoms with Crippen molar-refractivity contribution < 1.29 is 9.53 Å². The molecule has 0 saturated heterocycles. The third-order valence-electron chi connectivity index (χ3n) is 2.71. The smallest absolute Gasteiger partial charge is 0.163 e. The Morgan fingerprint density at radius 2 is 1.56 bits per heavy atom. The van der Waals surface area contributed by atoms with E-state index in [4.69, 9.17) is 4.74 Å². The lowest BCUT2D eigenvalue weighted by Gasteiger charge is -2.16. The Balaban J connectivity index is 3.25. The molecule has 0 aromatic carbocycles. The average molecular weight is 228 g/mol. The minimum Gasteiger partial charge on any atom is -0.374 e. The highest BCUT2D eigenvalue weighted by Gasteiger charge is 2.20. The quantitative estimate of drug-likeness (QED) is 0.558. The molecule has 0 aliphatic rings. The van der Waals surface area contributed by atoms with Gasteiger partial charge < -0.3 is 4.74 Å². The Morgan fingerprint density at radius 1 is 1.00 bits per heavy atom. The number of carbonyl (C=O) groups is 1. The molecule has 0 aromatic heterocycles. The minimum atomic E-state index is -0.263. The maximum Gasteiger partial charge on any atom is 0.163 e. The van der Waals surface area contributed by atoms with E-state index in [0.717, 1.165) is 13.0 Å². The topological polar surface area (TPSA) is 26.3 Å². The van der Waals surface area contributed by atoms with Crippen LogP contribution in [0.1, 0.15) is 66.2 Å². The monoisotopic (exact) mass is 228 g/mol. The van der Waals surface area contributed by atoms with Gasteiger partial charge in [-0.3, -0.25) is 4.79 Å². The summed E-state index contributed by atoms with van der Waals surface area (Å²) in [5.74, 6) is 0.193. The highest BCUT2D eigenvalue weighted by molar-refractivity contribution is 5.84. The Kier molecular flexibility index (Phi) is 8.54. The lowest BCUT2D eigenvalue weighted by Crippen LogP contribution is -2.25. The Bertz CT molecular complexity index is 180. The van der Waals surface area contributed by atoms with Gasteiger partial charge in [0.05, 0.1) is 0 Å². The number of ether oxygens (including phenoxy) is 1. The molecule has 0 aliphatic carbocycles. The summed E-state index contributed by atoms with van der Waals surface area (Å²) in [6.45, 7) is 9.03. The number of Topliss-reactive ketones (excluding diaryl/α,β-unsaturated/α-hetero) is 1. The van der Waals surface area contributed by atoms with Crippen molar-refractivity contribution in [2.45, 2.75) is 66.2 Å². The molecule has 0 aliphatic heterocycles. The fraction of sp³-hybridized carbons (Fsp3) is 0.929. The van der Waals surface area contributed by atoms with Crippen LogP contribution in [0.4, 0.5) is 0 Å². The van der Waals surface area contributed by atoms with Crippen LogP contribution in [0.5, 0.6) is 0 Å². The molecule has 0 rings (SSSR count). The second-order valence-electron chi connectivity index (χ2n) is 5.49. The van der Waals surface area contributed by atoms with Crippen LogP contribution in [0.25, 0.3) is 0 Å². The van der Waals surface area contributed by atoms with Crippen molar-refractivity contribution in [3.8, 4) is 0 Å². The number of ketones is 1. The summed E-state index contributed by atoms with van der Waals surface area (Å²) in [7, 11) is 0. The zero-order chi connectivity index (χ0) is 12.4. The van der Waals surface area contributed by atoms with Crippen LogP contribution in [0.15, 0.2) is 0 Å². The van der Waals surface area contributed by atoms with Gasteiger partial charge in [-0.25, -0.2) is 0 Å². The van der Waals surface area contributed by atoms with E-state index >= 15 is 0 Å². The van der Waals surface area contributed by atoms with E-state index in [0.29, 0.717) is 0 Å². The molecule has 0 N–H and O–H groups in total. The van der Waals surface area contributed by atoms with Crippen molar-refractivity contribution in [3.63, 3.8) is 0 Å². The summed E-state index contributed by atoms with van der Waals surface area (Å²) in [5, 5.41) is 0. The van der Waals surface area contributed by atoms with Crippen LogP contribution in [-0.4, -0.2) is 19.0 Å². The summed E-state index contributed by atoms with van der Waals surface area (Å²) in [6.07, 6.45) is 7.56. The molecule has 96 valence electrons. The van der Waals surface area contributed by atoms with Crippen molar-refractivity contribution in [3.05, 3.63) is 0 Å². The van der Waals surface area contributed by atoms with Gasteiger partial charge in [0.2, 0.25) is 0 Å². The lowest BCUT2D eigenvalue weighted by atomic mass is 9.91. The molecule has 0 aromatic rings. The summed E-state index contributed by atoms with van der Waals surface area (Å²) < 4.78 is 5.38. The van der Waals surface area contributed by atoms with E-state index in [1.807, 2.05) is 20.8 Å². The Hall–Kier alpha value is -0.370. The zero-order valence-corrected chi connectivity index (χ0v) is 11.5. The van der Waals surface area contributed by atoms with Crippen molar-refractivity contribution in [2.24, 2.45) is 5.41 Å². The van der Waals surface area contributed by atoms with Gasteiger partial charge in [0.15, 0.2) is 5.78 Å². The number of hydrogen-bond donors (Lipinski definition) is 0. The van der Waals surface area contributed by atoms with Crippen molar-refractivity contribution in [2.75, 3.05) is 13.2 Å². The molecule has 2 nitrogen and oxygen atoms in total. The van der Waals surface area contributed by atoms with E-state index in [2.05, 4.69) is 6.92 Å². The molecular formula is C14H28O2. The van der Waals surface area contributed by atoms with E-state index in [1.54, 1.807) is 0 Å². The van der Waals surface area contributed by atoms with Gasteiger partial charge in [-0.15, -0.1) is 0 Å². The van der Waals surface area contributed by atoms with Gasteiger partial charge in [-0.1, -0.05) is 59.8 Å². The van der Waals surface area contributed by atoms with Crippen LogP contribution in [0.3, 0.4) is 0 Å². The summed E-state index contributed by atoms with van der Waals surface area (Å²) in [4.78, 5) is 11.5. The number of carbonyl (C=O) groups excluding carboxylic acids is 1. The van der Waals surface area contributed by atoms with E-state index in [-0.39, 0.29) is 17.8 Å². The number of unbranched alkanes of at least 4 members (excludes halogenated alkanes) is 5. The average Bonchev–Trinajstić information content (AvgIpc) is 2.20. The van der Waals surface area contributed by atoms with Crippen LogP contribution in [0.2, 0.25) is 0 Å². The summed E-state index contributed by atoms with van der Waals surface area (Å²) in [5.41, 5.74) is -0.263. The first-order valence-corrected chi connectivity index (χ1v) is 6.59. The molecule has 0 unspecified atom stereocenters. The third-order valence-corrected chi connectivity index (χ3v) is 2.71. The van der Waals surface area contributed by atoms with Gasteiger partial charge in [0, 0.05) is 12.0 Å². The molecule has 0 fully saturated rings. The fourth-order valence-electron chi connectivity index (χ4n) is 1.37. The van der Waals surface area contributed by atoms with Crippen LogP contribution in [-0.2, 0) is 9.53 Å². The van der Waals surface area contributed by atoms with Gasteiger partial charge in [-0.05, 0) is 6.42 Å². The van der Waals surface area contributed by atoms with Crippen molar-refractivity contribution in [1.82, 2.24) is 0 Å². The number of rotatable bonds is 9. The highest BCUT2D eigenvalue weighted by atomic mass is 16.5. The predicted molar refractivity (Wildman–Crippen MR) is 68.7 cm³/mol. The molecule has 0 spiro atoms. The fourth-order valence-corrected chi connectivity index (χ4v) is 1.37. The lowest BCUT2D eigenvalue weighted by molar-refractivity contribution is -0.131. The van der Waals surface area contributed by atoms with Crippen LogP contribution < -0.4 is 0 Å². The van der Waals surface area contributed by atoms with Gasteiger partial charge in [0.25, 0.3) is 0 Å². The van der Waals surface area contributed by atoms with E-state index in [9.17, 15) is 4.79 Å². The molecule has 16 heavy (non-hydrogen) atoms. The number of hydrogen-bond acceptors (Lipinski definition) is 2. The maximum absolute atomic E-state index is 11.5. The minimum absolute atomic E-state index is 0.193. The molecule has 0 heterocycles. The standard InChI is InChI=1S/C14H28O2/c1-5-6-7-8-9-10-11-16-12-13(15)14(2,3)4/h5-12H2,1-4H3. The van der Waals surface area contributed by atoms with Crippen LogP contribution in [0, 0.1) is 5.41 Å². The van der Waals surface area contributed by atoms with Gasteiger partial charge in [-0.2, -0.15) is 0 Å². The largest absolute Gasteiger partial charge is 0.374 e. The molecule has 0 bridgehead atoms. The predicted octanol–water partition coefficient (Wildman–Crippen LogP) is 3.98.